The Kier molecular flexibility index (Phi) is 5.66. The van der Waals surface area contributed by atoms with Crippen molar-refractivity contribution in [3.05, 3.63) is 23.8 Å². The van der Waals surface area contributed by atoms with E-state index < -0.39 is 0 Å². The van der Waals surface area contributed by atoms with E-state index in [1.807, 2.05) is 32.6 Å². The summed E-state index contributed by atoms with van der Waals surface area (Å²) >= 11 is 0. The Morgan fingerprint density at radius 2 is 1.91 bits per heavy atom. The van der Waals surface area contributed by atoms with E-state index >= 15 is 0 Å². The van der Waals surface area contributed by atoms with E-state index in [1.54, 1.807) is 18.2 Å². The highest BCUT2D eigenvalue weighted by Gasteiger charge is 2.28. The summed E-state index contributed by atoms with van der Waals surface area (Å²) in [7, 11) is 0. The monoisotopic (exact) mass is 307 g/mol. The van der Waals surface area contributed by atoms with Crippen LogP contribution in [0.25, 0.3) is 0 Å². The summed E-state index contributed by atoms with van der Waals surface area (Å²) in [4.78, 5) is 14.6. The molecule has 1 amide bonds. The first kappa shape index (κ1) is 16.6. The number of hydrogen-bond acceptors (Lipinski definition) is 4. The van der Waals surface area contributed by atoms with Crippen LogP contribution in [0.1, 0.15) is 38.1 Å². The predicted octanol–water partition coefficient (Wildman–Crippen LogP) is 2.73. The molecule has 0 bridgehead atoms. The van der Waals surface area contributed by atoms with E-state index in [0.717, 1.165) is 0 Å². The molecule has 1 heterocycles. The van der Waals surface area contributed by atoms with E-state index in [0.29, 0.717) is 43.4 Å². The van der Waals surface area contributed by atoms with Crippen LogP contribution in [-0.4, -0.2) is 49.3 Å². The molecule has 2 atom stereocenters. The molecule has 1 aliphatic rings. The maximum atomic E-state index is 12.8. The van der Waals surface area contributed by atoms with Crippen LogP contribution in [0.3, 0.4) is 0 Å². The number of benzene rings is 1. The molecule has 1 aromatic rings. The number of morpholine rings is 1. The second-order valence-corrected chi connectivity index (χ2v) is 5.48. The lowest BCUT2D eigenvalue weighted by Gasteiger charge is -2.36. The topological polar surface area (TPSA) is 48.0 Å². The summed E-state index contributed by atoms with van der Waals surface area (Å²) in [6.07, 6.45) is 0.0641. The molecule has 122 valence electrons. The maximum absolute atomic E-state index is 12.8. The van der Waals surface area contributed by atoms with Gasteiger partial charge in [-0.25, -0.2) is 0 Å². The molecule has 0 spiro atoms. The highest BCUT2D eigenvalue weighted by Crippen LogP contribution is 2.29. The molecule has 0 N–H and O–H groups in total. The van der Waals surface area contributed by atoms with Gasteiger partial charge in [0.1, 0.15) is 0 Å². The van der Waals surface area contributed by atoms with Gasteiger partial charge in [0.25, 0.3) is 5.91 Å². The average Bonchev–Trinajstić information content (AvgIpc) is 2.51. The van der Waals surface area contributed by atoms with Gasteiger partial charge < -0.3 is 19.1 Å². The number of amides is 1. The normalized spacial score (nSPS) is 21.5. The minimum Gasteiger partial charge on any atom is -0.490 e. The molecule has 0 aromatic heterocycles. The molecular weight excluding hydrogens is 282 g/mol. The Morgan fingerprint density at radius 3 is 2.59 bits per heavy atom. The van der Waals surface area contributed by atoms with E-state index in [2.05, 4.69) is 0 Å². The first-order chi connectivity index (χ1) is 10.6. The third kappa shape index (κ3) is 3.71. The van der Waals surface area contributed by atoms with Crippen LogP contribution in [0.4, 0.5) is 0 Å². The third-order valence-electron chi connectivity index (χ3n) is 3.66. The van der Waals surface area contributed by atoms with Crippen molar-refractivity contribution in [3.63, 3.8) is 0 Å². The average molecular weight is 307 g/mol. The number of carbonyl (C=O) groups excluding carboxylic acids is 1. The summed E-state index contributed by atoms with van der Waals surface area (Å²) in [5, 5.41) is 0. The van der Waals surface area contributed by atoms with Gasteiger partial charge in [-0.1, -0.05) is 0 Å². The maximum Gasteiger partial charge on any atom is 0.254 e. The van der Waals surface area contributed by atoms with Gasteiger partial charge in [0.05, 0.1) is 32.0 Å². The van der Waals surface area contributed by atoms with Crippen LogP contribution in [0, 0.1) is 0 Å². The molecule has 0 aliphatic carbocycles. The molecule has 2 rings (SSSR count). The Hall–Kier alpha value is -1.75. The fourth-order valence-corrected chi connectivity index (χ4v) is 2.54. The van der Waals surface area contributed by atoms with Gasteiger partial charge >= 0.3 is 0 Å². The minimum absolute atomic E-state index is 0.00616. The first-order valence-electron chi connectivity index (χ1n) is 7.89. The largest absolute Gasteiger partial charge is 0.490 e. The fraction of sp³-hybridized carbons (Fsp3) is 0.588. The molecule has 0 saturated carbocycles. The molecule has 5 heteroatoms. The summed E-state index contributed by atoms with van der Waals surface area (Å²) in [6, 6.07) is 5.44. The van der Waals surface area contributed by atoms with Crippen molar-refractivity contribution in [1.82, 2.24) is 4.90 Å². The van der Waals surface area contributed by atoms with Crippen LogP contribution >= 0.6 is 0 Å². The summed E-state index contributed by atoms with van der Waals surface area (Å²) < 4.78 is 16.7. The minimum atomic E-state index is 0.00616. The summed E-state index contributed by atoms with van der Waals surface area (Å²) in [5.74, 6) is 1.29. The summed E-state index contributed by atoms with van der Waals surface area (Å²) in [6.45, 7) is 10.1. The van der Waals surface area contributed by atoms with Gasteiger partial charge in [-0.2, -0.15) is 0 Å². The van der Waals surface area contributed by atoms with Gasteiger partial charge in [-0.3, -0.25) is 4.79 Å². The second kappa shape index (κ2) is 7.49. The number of hydrogen-bond donors (Lipinski definition) is 0. The quantitative estimate of drug-likeness (QED) is 0.839. The van der Waals surface area contributed by atoms with Crippen molar-refractivity contribution in [1.29, 1.82) is 0 Å². The molecule has 1 aromatic carbocycles. The smallest absolute Gasteiger partial charge is 0.254 e. The van der Waals surface area contributed by atoms with Crippen molar-refractivity contribution >= 4 is 5.91 Å². The third-order valence-corrected chi connectivity index (χ3v) is 3.66. The Bertz CT molecular complexity index is 517. The van der Waals surface area contributed by atoms with Crippen LogP contribution in [0.2, 0.25) is 0 Å². The Morgan fingerprint density at radius 1 is 1.23 bits per heavy atom. The fourth-order valence-electron chi connectivity index (χ4n) is 2.54. The number of carbonyl (C=O) groups is 1. The van der Waals surface area contributed by atoms with Crippen LogP contribution in [0.5, 0.6) is 11.5 Å². The second-order valence-electron chi connectivity index (χ2n) is 5.48. The summed E-state index contributed by atoms with van der Waals surface area (Å²) in [5.41, 5.74) is 0.618. The van der Waals surface area contributed by atoms with Gasteiger partial charge in [0.2, 0.25) is 0 Å². The number of rotatable bonds is 5. The van der Waals surface area contributed by atoms with Gasteiger partial charge in [-0.15, -0.1) is 0 Å². The van der Waals surface area contributed by atoms with Crippen molar-refractivity contribution < 1.29 is 19.0 Å². The lowest BCUT2D eigenvalue weighted by molar-refractivity contribution is -0.0387. The van der Waals surface area contributed by atoms with Gasteiger partial charge in [0.15, 0.2) is 11.5 Å². The van der Waals surface area contributed by atoms with E-state index in [9.17, 15) is 4.79 Å². The van der Waals surface area contributed by atoms with Crippen molar-refractivity contribution in [2.24, 2.45) is 0 Å². The van der Waals surface area contributed by atoms with E-state index in [4.69, 9.17) is 14.2 Å². The van der Waals surface area contributed by atoms with Crippen molar-refractivity contribution in [2.75, 3.05) is 26.4 Å². The van der Waals surface area contributed by atoms with Gasteiger partial charge in [0, 0.05) is 12.1 Å². The Balaban J connectivity index is 2.23. The SMILES string of the molecule is CCOc1ccc(C(=O)N2CC(C)OCC2C)cc1OCC. The highest BCUT2D eigenvalue weighted by atomic mass is 16.5. The van der Waals surface area contributed by atoms with Gasteiger partial charge in [-0.05, 0) is 45.9 Å². The molecular formula is C17H25NO4. The van der Waals surface area contributed by atoms with Crippen molar-refractivity contribution in [3.8, 4) is 11.5 Å². The number of nitrogens with zero attached hydrogens (tertiary/aromatic N) is 1. The van der Waals surface area contributed by atoms with Crippen LogP contribution < -0.4 is 9.47 Å². The molecule has 5 nitrogen and oxygen atoms in total. The zero-order valence-electron chi connectivity index (χ0n) is 13.8. The molecule has 1 aliphatic heterocycles. The number of ether oxygens (including phenoxy) is 3. The highest BCUT2D eigenvalue weighted by molar-refractivity contribution is 5.95. The van der Waals surface area contributed by atoms with Crippen molar-refractivity contribution in [2.45, 2.75) is 39.8 Å². The molecule has 1 fully saturated rings. The van der Waals surface area contributed by atoms with Crippen LogP contribution in [-0.2, 0) is 4.74 Å². The lowest BCUT2D eigenvalue weighted by Crippen LogP contribution is -2.50. The van der Waals surface area contributed by atoms with Crippen LogP contribution in [0.15, 0.2) is 18.2 Å². The standard InChI is InChI=1S/C17H25NO4/c1-5-20-15-8-7-14(9-16(15)21-6-2)17(19)18-10-13(4)22-11-12(18)3/h7-9,12-13H,5-6,10-11H2,1-4H3. The molecule has 22 heavy (non-hydrogen) atoms. The Labute approximate surface area is 132 Å². The zero-order valence-corrected chi connectivity index (χ0v) is 13.8. The molecule has 2 unspecified atom stereocenters. The zero-order chi connectivity index (χ0) is 16.1. The van der Waals surface area contributed by atoms with E-state index in [-0.39, 0.29) is 18.1 Å². The van der Waals surface area contributed by atoms with E-state index in [1.165, 1.54) is 0 Å². The molecule has 0 radical (unpaired) electrons. The predicted molar refractivity (Wildman–Crippen MR) is 84.7 cm³/mol. The lowest BCUT2D eigenvalue weighted by atomic mass is 10.1. The first-order valence-corrected chi connectivity index (χ1v) is 7.89. The molecule has 1 saturated heterocycles.